The summed E-state index contributed by atoms with van der Waals surface area (Å²) in [6.45, 7) is 6.02. The van der Waals surface area contributed by atoms with Gasteiger partial charge in [0.1, 0.15) is 10.6 Å². The first-order chi connectivity index (χ1) is 20.8. The van der Waals surface area contributed by atoms with Gasteiger partial charge >= 0.3 is 5.97 Å². The molecule has 2 aliphatic rings. The predicted octanol–water partition coefficient (Wildman–Crippen LogP) is 6.96. The molecule has 1 saturated heterocycles. The Bertz CT molecular complexity index is 1720. The van der Waals surface area contributed by atoms with E-state index in [1.165, 1.54) is 14.7 Å². The average Bonchev–Trinajstić information content (AvgIpc) is 3.52. The normalized spacial score (nSPS) is 15.1. The lowest BCUT2D eigenvalue weighted by atomic mass is 9.95. The number of hydrogen-bond acceptors (Lipinski definition) is 6. The van der Waals surface area contributed by atoms with E-state index in [9.17, 15) is 14.4 Å². The second-order valence-corrected chi connectivity index (χ2v) is 12.0. The molecule has 1 fully saturated rings. The molecule has 0 radical (unpaired) electrons. The number of fused-ring (bicyclic) bond motifs is 1. The van der Waals surface area contributed by atoms with Crippen LogP contribution in [0.3, 0.4) is 0 Å². The summed E-state index contributed by atoms with van der Waals surface area (Å²) >= 11 is 7.37. The van der Waals surface area contributed by atoms with E-state index >= 15 is 0 Å². The highest BCUT2D eigenvalue weighted by atomic mass is 32.1. The molecule has 4 aromatic rings. The van der Waals surface area contributed by atoms with E-state index in [0.717, 1.165) is 47.6 Å². The van der Waals surface area contributed by atoms with Gasteiger partial charge in [0.25, 0.3) is 11.8 Å². The summed E-state index contributed by atoms with van der Waals surface area (Å²) in [5, 5.41) is 0.919. The summed E-state index contributed by atoms with van der Waals surface area (Å²) < 4.78 is 7.55. The molecule has 43 heavy (non-hydrogen) atoms. The third kappa shape index (κ3) is 5.02. The van der Waals surface area contributed by atoms with Gasteiger partial charge in [0.05, 0.1) is 23.5 Å². The Morgan fingerprint density at radius 3 is 2.09 bits per heavy atom. The molecule has 1 aliphatic heterocycles. The molecular weight excluding hydrogens is 579 g/mol. The number of anilines is 2. The highest BCUT2D eigenvalue weighted by molar-refractivity contribution is 7.81. The predicted molar refractivity (Wildman–Crippen MR) is 174 cm³/mol. The third-order valence-electron chi connectivity index (χ3n) is 7.88. The van der Waals surface area contributed by atoms with Gasteiger partial charge in [-0.05, 0) is 106 Å². The number of esters is 1. The highest BCUT2D eigenvalue weighted by Crippen LogP contribution is 2.40. The van der Waals surface area contributed by atoms with Gasteiger partial charge in [-0.15, -0.1) is 11.3 Å². The van der Waals surface area contributed by atoms with E-state index in [-0.39, 0.29) is 16.7 Å². The summed E-state index contributed by atoms with van der Waals surface area (Å²) in [6, 6.07) is 20.2. The monoisotopic (exact) mass is 609 g/mol. The maximum atomic E-state index is 14.0. The van der Waals surface area contributed by atoms with Crippen LogP contribution in [-0.4, -0.2) is 34.1 Å². The van der Waals surface area contributed by atoms with Crippen LogP contribution in [0.5, 0.6) is 0 Å². The van der Waals surface area contributed by atoms with Crippen LogP contribution in [-0.2, 0) is 27.2 Å². The quantitative estimate of drug-likeness (QED) is 0.102. The highest BCUT2D eigenvalue weighted by Gasteiger charge is 2.41. The van der Waals surface area contributed by atoms with Crippen molar-refractivity contribution < 1.29 is 19.1 Å². The van der Waals surface area contributed by atoms with Gasteiger partial charge in [0.15, 0.2) is 5.11 Å². The molecule has 7 nitrogen and oxygen atoms in total. The van der Waals surface area contributed by atoms with E-state index in [2.05, 4.69) is 0 Å². The molecule has 0 N–H and O–H groups in total. The molecule has 0 spiro atoms. The van der Waals surface area contributed by atoms with Crippen molar-refractivity contribution in [1.29, 1.82) is 0 Å². The first-order valence-electron chi connectivity index (χ1n) is 14.4. The topological polar surface area (TPSA) is 71.8 Å². The van der Waals surface area contributed by atoms with E-state index in [4.69, 9.17) is 17.0 Å². The largest absolute Gasteiger partial charge is 0.462 e. The fourth-order valence-electron chi connectivity index (χ4n) is 5.86. The Labute approximate surface area is 260 Å². The number of aromatic nitrogens is 1. The number of carbonyl (C=O) groups is 3. The second-order valence-electron chi connectivity index (χ2n) is 10.6. The Balaban J connectivity index is 1.49. The standard InChI is InChI=1S/C34H31N3O4S2/c1-4-41-33(40)29-26-17-11-12-18-28(26)43-32(29)35-21(2)19-23(22(35)3)20-27-30(38)36(24-13-7-5-8-14-24)34(42)37(31(27)39)25-15-9-6-10-16-25/h5-10,13-16,19-20H,4,11-12,17-18H2,1-3H3. The molecule has 2 aromatic carbocycles. The lowest BCUT2D eigenvalue weighted by molar-refractivity contribution is -0.120. The van der Waals surface area contributed by atoms with Crippen molar-refractivity contribution in [2.45, 2.75) is 46.5 Å². The zero-order chi connectivity index (χ0) is 30.2. The number of rotatable bonds is 6. The number of thiocarbonyl (C=S) groups is 1. The molecule has 0 unspecified atom stereocenters. The van der Waals surface area contributed by atoms with E-state index in [0.29, 0.717) is 29.1 Å². The Morgan fingerprint density at radius 2 is 1.51 bits per heavy atom. The zero-order valence-electron chi connectivity index (χ0n) is 24.3. The fourth-order valence-corrected chi connectivity index (χ4v) is 7.73. The molecule has 1 aliphatic carbocycles. The second kappa shape index (κ2) is 11.7. The molecule has 0 bridgehead atoms. The van der Waals surface area contributed by atoms with Gasteiger partial charge in [-0.25, -0.2) is 4.79 Å². The number of benzene rings is 2. The van der Waals surface area contributed by atoms with Crippen LogP contribution >= 0.6 is 23.6 Å². The van der Waals surface area contributed by atoms with E-state index in [1.807, 2.05) is 67.8 Å². The SMILES string of the molecule is CCOC(=O)c1c(-n2c(C)cc(C=C3C(=O)N(c4ccccc4)C(=S)N(c4ccccc4)C3=O)c2C)sc2c1CCCC2. The molecule has 9 heteroatoms. The Morgan fingerprint density at radius 1 is 0.930 bits per heavy atom. The Hall–Kier alpha value is -4.34. The van der Waals surface area contributed by atoms with E-state index < -0.39 is 11.8 Å². The average molecular weight is 610 g/mol. The van der Waals surface area contributed by atoms with Crippen LogP contribution in [0.1, 0.15) is 57.5 Å². The molecule has 0 atom stereocenters. The van der Waals surface area contributed by atoms with Crippen molar-refractivity contribution in [2.24, 2.45) is 0 Å². The summed E-state index contributed by atoms with van der Waals surface area (Å²) in [6.07, 6.45) is 5.57. The minimum atomic E-state index is -0.489. The summed E-state index contributed by atoms with van der Waals surface area (Å²) in [4.78, 5) is 45.3. The lowest BCUT2D eigenvalue weighted by Gasteiger charge is -2.36. The van der Waals surface area contributed by atoms with Gasteiger partial charge in [-0.3, -0.25) is 19.4 Å². The minimum absolute atomic E-state index is 0.00218. The van der Waals surface area contributed by atoms with Gasteiger partial charge in [0.2, 0.25) is 0 Å². The number of thiophene rings is 1. The molecule has 218 valence electrons. The van der Waals surface area contributed by atoms with Crippen molar-refractivity contribution in [3.05, 3.63) is 105 Å². The van der Waals surface area contributed by atoms with Crippen LogP contribution in [0, 0.1) is 13.8 Å². The van der Waals surface area contributed by atoms with E-state index in [1.54, 1.807) is 41.7 Å². The number of para-hydroxylation sites is 2. The zero-order valence-corrected chi connectivity index (χ0v) is 25.9. The maximum Gasteiger partial charge on any atom is 0.341 e. The first kappa shape index (κ1) is 28.8. The molecule has 2 amide bonds. The first-order valence-corrected chi connectivity index (χ1v) is 15.6. The van der Waals surface area contributed by atoms with Crippen LogP contribution in [0.4, 0.5) is 11.4 Å². The molecule has 3 heterocycles. The number of aryl methyl sites for hydroxylation is 2. The number of carbonyl (C=O) groups excluding carboxylic acids is 3. The van der Waals surface area contributed by atoms with Crippen molar-refractivity contribution in [2.75, 3.05) is 16.4 Å². The van der Waals surface area contributed by atoms with Crippen molar-refractivity contribution in [3.8, 4) is 5.00 Å². The number of nitrogens with zero attached hydrogens (tertiary/aromatic N) is 3. The minimum Gasteiger partial charge on any atom is -0.462 e. The molecule has 6 rings (SSSR count). The third-order valence-corrected chi connectivity index (χ3v) is 9.53. The van der Waals surface area contributed by atoms with Gasteiger partial charge in [-0.2, -0.15) is 0 Å². The number of hydrogen-bond donors (Lipinski definition) is 0. The van der Waals surface area contributed by atoms with Gasteiger partial charge in [-0.1, -0.05) is 36.4 Å². The number of amides is 2. The summed E-state index contributed by atoms with van der Waals surface area (Å²) in [7, 11) is 0. The molecular formula is C34H31N3O4S2. The van der Waals surface area contributed by atoms with Crippen LogP contribution < -0.4 is 9.80 Å². The number of ether oxygens (including phenoxy) is 1. The Kier molecular flexibility index (Phi) is 7.85. The summed E-state index contributed by atoms with van der Waals surface area (Å²) in [5.41, 5.74) is 5.28. The fraction of sp³-hybridized carbons (Fsp3) is 0.235. The van der Waals surface area contributed by atoms with Crippen molar-refractivity contribution >= 4 is 63.9 Å². The van der Waals surface area contributed by atoms with Crippen LogP contribution in [0.25, 0.3) is 11.1 Å². The summed E-state index contributed by atoms with van der Waals surface area (Å²) in [5.74, 6) is -1.29. The van der Waals surface area contributed by atoms with Crippen LogP contribution in [0.15, 0.2) is 72.3 Å². The molecule has 2 aromatic heterocycles. The van der Waals surface area contributed by atoms with Crippen LogP contribution in [0.2, 0.25) is 0 Å². The lowest BCUT2D eigenvalue weighted by Crippen LogP contribution is -2.56. The van der Waals surface area contributed by atoms with Gasteiger partial charge in [0, 0.05) is 16.3 Å². The molecule has 0 saturated carbocycles. The van der Waals surface area contributed by atoms with Gasteiger partial charge < -0.3 is 9.30 Å². The van der Waals surface area contributed by atoms with Crippen molar-refractivity contribution in [3.63, 3.8) is 0 Å². The maximum absolute atomic E-state index is 14.0. The van der Waals surface area contributed by atoms with Crippen molar-refractivity contribution in [1.82, 2.24) is 4.57 Å². The smallest absolute Gasteiger partial charge is 0.341 e.